The quantitative estimate of drug-likeness (QED) is 0.630. The molecule has 2 rings (SSSR count). The number of para-hydroxylation sites is 1. The van der Waals surface area contributed by atoms with Crippen molar-refractivity contribution in [3.63, 3.8) is 0 Å². The van der Waals surface area contributed by atoms with E-state index in [-0.39, 0.29) is 12.1 Å². The van der Waals surface area contributed by atoms with Crippen LogP contribution < -0.4 is 16.0 Å². The zero-order valence-corrected chi connectivity index (χ0v) is 12.1. The minimum atomic E-state index is 0.186. The summed E-state index contributed by atoms with van der Waals surface area (Å²) in [4.78, 5) is 0. The maximum Gasteiger partial charge on any atom is 0.124 e. The van der Waals surface area contributed by atoms with Crippen molar-refractivity contribution in [2.45, 2.75) is 58.1 Å². The molecule has 0 aliphatic heterocycles. The number of ether oxygens (including phenoxy) is 1. The molecule has 1 fully saturated rings. The van der Waals surface area contributed by atoms with Crippen LogP contribution in [0.4, 0.5) is 0 Å². The first kappa shape index (κ1) is 14.4. The number of nitrogens with two attached hydrogens (primary N) is 1. The first-order valence-electron chi connectivity index (χ1n) is 7.44. The van der Waals surface area contributed by atoms with Gasteiger partial charge in [0.2, 0.25) is 0 Å². The molecule has 3 heteroatoms. The number of rotatable bonds is 5. The molecule has 0 bridgehead atoms. The highest BCUT2D eigenvalue weighted by Gasteiger charge is 2.26. The van der Waals surface area contributed by atoms with E-state index < -0.39 is 0 Å². The van der Waals surface area contributed by atoms with Crippen LogP contribution in [0.25, 0.3) is 0 Å². The summed E-state index contributed by atoms with van der Waals surface area (Å²) in [6.45, 7) is 4.12. The minimum Gasteiger partial charge on any atom is -0.491 e. The van der Waals surface area contributed by atoms with Crippen molar-refractivity contribution in [3.05, 3.63) is 29.8 Å². The van der Waals surface area contributed by atoms with Crippen LogP contribution in [0, 0.1) is 5.92 Å². The highest BCUT2D eigenvalue weighted by atomic mass is 16.5. The number of hydrogen-bond donors (Lipinski definition) is 2. The summed E-state index contributed by atoms with van der Waals surface area (Å²) < 4.78 is 5.92. The monoisotopic (exact) mass is 262 g/mol. The van der Waals surface area contributed by atoms with E-state index in [0.717, 1.165) is 5.75 Å². The lowest BCUT2D eigenvalue weighted by Crippen LogP contribution is -2.35. The Hall–Kier alpha value is -1.06. The predicted octanol–water partition coefficient (Wildman–Crippen LogP) is 3.56. The van der Waals surface area contributed by atoms with Crippen LogP contribution in [0.15, 0.2) is 24.3 Å². The smallest absolute Gasteiger partial charge is 0.124 e. The van der Waals surface area contributed by atoms with Gasteiger partial charge in [0.15, 0.2) is 0 Å². The van der Waals surface area contributed by atoms with Crippen molar-refractivity contribution < 1.29 is 4.74 Å². The number of nitrogens with one attached hydrogen (secondary N) is 1. The topological polar surface area (TPSA) is 47.3 Å². The van der Waals surface area contributed by atoms with Crippen molar-refractivity contribution in [2.75, 3.05) is 0 Å². The fourth-order valence-electron chi connectivity index (χ4n) is 3.05. The third kappa shape index (κ3) is 3.71. The van der Waals surface area contributed by atoms with Crippen LogP contribution in [-0.2, 0) is 0 Å². The van der Waals surface area contributed by atoms with Gasteiger partial charge in [0.1, 0.15) is 5.75 Å². The zero-order chi connectivity index (χ0) is 13.7. The van der Waals surface area contributed by atoms with Gasteiger partial charge in [-0.1, -0.05) is 37.5 Å². The van der Waals surface area contributed by atoms with Gasteiger partial charge in [-0.05, 0) is 38.7 Å². The lowest BCUT2D eigenvalue weighted by atomic mass is 9.81. The maximum absolute atomic E-state index is 5.92. The van der Waals surface area contributed by atoms with Crippen LogP contribution in [-0.4, -0.2) is 6.10 Å². The average Bonchev–Trinajstić information content (AvgIpc) is 2.42. The molecule has 106 valence electrons. The molecule has 1 unspecified atom stereocenters. The molecule has 0 amide bonds. The number of hydrazine groups is 1. The Kier molecular flexibility index (Phi) is 5.23. The van der Waals surface area contributed by atoms with Gasteiger partial charge in [0.25, 0.3) is 0 Å². The molecular formula is C16H26N2O. The van der Waals surface area contributed by atoms with Gasteiger partial charge in [-0.25, -0.2) is 0 Å². The van der Waals surface area contributed by atoms with Crippen molar-refractivity contribution in [3.8, 4) is 5.75 Å². The van der Waals surface area contributed by atoms with Gasteiger partial charge in [-0.2, -0.15) is 0 Å². The van der Waals surface area contributed by atoms with E-state index in [1.165, 1.54) is 37.7 Å². The molecule has 1 aliphatic rings. The fraction of sp³-hybridized carbons (Fsp3) is 0.625. The summed E-state index contributed by atoms with van der Waals surface area (Å²) in [6, 6.07) is 8.47. The molecule has 0 spiro atoms. The predicted molar refractivity (Wildman–Crippen MR) is 78.8 cm³/mol. The Labute approximate surface area is 116 Å². The first-order chi connectivity index (χ1) is 9.22. The van der Waals surface area contributed by atoms with Gasteiger partial charge in [0.05, 0.1) is 12.1 Å². The second kappa shape index (κ2) is 6.92. The lowest BCUT2D eigenvalue weighted by molar-refractivity contribution is 0.225. The van der Waals surface area contributed by atoms with E-state index in [1.807, 2.05) is 12.1 Å². The van der Waals surface area contributed by atoms with Crippen LogP contribution >= 0.6 is 0 Å². The molecule has 0 aromatic heterocycles. The van der Waals surface area contributed by atoms with E-state index in [9.17, 15) is 0 Å². The Morgan fingerprint density at radius 2 is 1.84 bits per heavy atom. The van der Waals surface area contributed by atoms with Crippen LogP contribution in [0.5, 0.6) is 5.75 Å². The average molecular weight is 262 g/mol. The third-order valence-electron chi connectivity index (χ3n) is 3.92. The molecule has 1 aromatic rings. The third-order valence-corrected chi connectivity index (χ3v) is 3.92. The first-order valence-corrected chi connectivity index (χ1v) is 7.44. The lowest BCUT2D eigenvalue weighted by Gasteiger charge is -2.31. The fourth-order valence-corrected chi connectivity index (χ4v) is 3.05. The SMILES string of the molecule is CC(C)Oc1ccccc1C(NN)C1CCCCC1. The van der Waals surface area contributed by atoms with Crippen molar-refractivity contribution in [1.29, 1.82) is 0 Å². The van der Waals surface area contributed by atoms with E-state index in [4.69, 9.17) is 10.6 Å². The second-order valence-corrected chi connectivity index (χ2v) is 5.75. The molecule has 1 aliphatic carbocycles. The molecule has 1 aromatic carbocycles. The highest BCUT2D eigenvalue weighted by molar-refractivity contribution is 5.36. The Balaban J connectivity index is 2.21. The van der Waals surface area contributed by atoms with Crippen molar-refractivity contribution >= 4 is 0 Å². The van der Waals surface area contributed by atoms with Crippen LogP contribution in [0.1, 0.15) is 57.6 Å². The maximum atomic E-state index is 5.92. The van der Waals surface area contributed by atoms with Gasteiger partial charge >= 0.3 is 0 Å². The van der Waals surface area contributed by atoms with E-state index in [0.29, 0.717) is 5.92 Å². The van der Waals surface area contributed by atoms with Crippen molar-refractivity contribution in [1.82, 2.24) is 5.43 Å². The van der Waals surface area contributed by atoms with Gasteiger partial charge < -0.3 is 4.74 Å². The summed E-state index contributed by atoms with van der Waals surface area (Å²) in [6.07, 6.45) is 6.69. The van der Waals surface area contributed by atoms with Gasteiger partial charge in [-0.15, -0.1) is 0 Å². The standard InChI is InChI=1S/C16H26N2O/c1-12(2)19-15-11-7-6-10-14(15)16(18-17)13-8-4-3-5-9-13/h6-7,10-13,16,18H,3-5,8-9,17H2,1-2H3. The number of benzene rings is 1. The Bertz CT molecular complexity index is 386. The normalized spacial score (nSPS) is 18.5. The van der Waals surface area contributed by atoms with E-state index >= 15 is 0 Å². The minimum absolute atomic E-state index is 0.186. The van der Waals surface area contributed by atoms with Crippen LogP contribution in [0.3, 0.4) is 0 Å². The van der Waals surface area contributed by atoms with Crippen molar-refractivity contribution in [2.24, 2.45) is 11.8 Å². The summed E-state index contributed by atoms with van der Waals surface area (Å²) in [5, 5.41) is 0. The van der Waals surface area contributed by atoms with E-state index in [2.05, 4.69) is 31.4 Å². The van der Waals surface area contributed by atoms with Crippen LogP contribution in [0.2, 0.25) is 0 Å². The molecular weight excluding hydrogens is 236 g/mol. The summed E-state index contributed by atoms with van der Waals surface area (Å²) in [7, 11) is 0. The molecule has 0 heterocycles. The molecule has 1 saturated carbocycles. The highest BCUT2D eigenvalue weighted by Crippen LogP contribution is 2.37. The molecule has 1 atom stereocenters. The summed E-state index contributed by atoms with van der Waals surface area (Å²) in [5.74, 6) is 7.41. The summed E-state index contributed by atoms with van der Waals surface area (Å²) >= 11 is 0. The molecule has 0 radical (unpaired) electrons. The Morgan fingerprint density at radius 1 is 1.16 bits per heavy atom. The second-order valence-electron chi connectivity index (χ2n) is 5.75. The molecule has 19 heavy (non-hydrogen) atoms. The molecule has 3 N–H and O–H groups in total. The number of hydrogen-bond acceptors (Lipinski definition) is 3. The largest absolute Gasteiger partial charge is 0.491 e. The molecule has 3 nitrogen and oxygen atoms in total. The molecule has 0 saturated heterocycles. The Morgan fingerprint density at radius 3 is 2.47 bits per heavy atom. The van der Waals surface area contributed by atoms with Gasteiger partial charge in [0, 0.05) is 5.56 Å². The summed E-state index contributed by atoms with van der Waals surface area (Å²) in [5.41, 5.74) is 4.22. The van der Waals surface area contributed by atoms with Gasteiger partial charge in [-0.3, -0.25) is 11.3 Å². The zero-order valence-electron chi connectivity index (χ0n) is 12.1. The van der Waals surface area contributed by atoms with E-state index in [1.54, 1.807) is 0 Å².